The molecule has 0 radical (unpaired) electrons. The number of ether oxygens (including phenoxy) is 2. The van der Waals surface area contributed by atoms with Crippen molar-refractivity contribution >= 4 is 0 Å². The molecule has 3 heteroatoms. The van der Waals surface area contributed by atoms with Crippen LogP contribution in [0, 0.1) is 6.92 Å². The number of benzene rings is 1. The SMILES string of the molecule is CCC(COC)NC1CCCOc2c(C)cccc21. The van der Waals surface area contributed by atoms with Gasteiger partial charge in [0.25, 0.3) is 0 Å². The average Bonchev–Trinajstić information content (AvgIpc) is 2.62. The molecule has 0 saturated carbocycles. The molecule has 1 N–H and O–H groups in total. The van der Waals surface area contributed by atoms with Gasteiger partial charge in [0.1, 0.15) is 5.75 Å². The van der Waals surface area contributed by atoms with Crippen molar-refractivity contribution in [3.05, 3.63) is 29.3 Å². The lowest BCUT2D eigenvalue weighted by atomic mass is 9.98. The fourth-order valence-corrected chi connectivity index (χ4v) is 2.71. The lowest BCUT2D eigenvalue weighted by molar-refractivity contribution is 0.157. The topological polar surface area (TPSA) is 30.5 Å². The Balaban J connectivity index is 2.19. The number of methoxy groups -OCH3 is 1. The Morgan fingerprint density at radius 2 is 2.32 bits per heavy atom. The molecule has 0 spiro atoms. The maximum atomic E-state index is 5.91. The highest BCUT2D eigenvalue weighted by molar-refractivity contribution is 5.43. The summed E-state index contributed by atoms with van der Waals surface area (Å²) in [4.78, 5) is 0. The zero-order valence-electron chi connectivity index (χ0n) is 12.2. The van der Waals surface area contributed by atoms with Crippen LogP contribution in [0.2, 0.25) is 0 Å². The molecule has 3 nitrogen and oxygen atoms in total. The lowest BCUT2D eigenvalue weighted by Gasteiger charge is -2.25. The van der Waals surface area contributed by atoms with Crippen molar-refractivity contribution < 1.29 is 9.47 Å². The normalized spacial score (nSPS) is 20.3. The molecule has 0 aromatic heterocycles. The number of fused-ring (bicyclic) bond motifs is 1. The zero-order chi connectivity index (χ0) is 13.7. The molecule has 1 heterocycles. The predicted molar refractivity (Wildman–Crippen MR) is 77.7 cm³/mol. The molecular weight excluding hydrogens is 238 g/mol. The van der Waals surface area contributed by atoms with E-state index in [9.17, 15) is 0 Å². The number of hydrogen-bond donors (Lipinski definition) is 1. The second-order valence-corrected chi connectivity index (χ2v) is 5.26. The molecule has 1 aliphatic rings. The first-order chi connectivity index (χ1) is 9.26. The average molecular weight is 263 g/mol. The minimum atomic E-state index is 0.373. The monoisotopic (exact) mass is 263 g/mol. The van der Waals surface area contributed by atoms with Gasteiger partial charge in [-0.15, -0.1) is 0 Å². The molecule has 2 unspecified atom stereocenters. The summed E-state index contributed by atoms with van der Waals surface area (Å²) < 4.78 is 11.2. The van der Waals surface area contributed by atoms with Crippen molar-refractivity contribution in [2.75, 3.05) is 20.3 Å². The van der Waals surface area contributed by atoms with E-state index in [1.807, 2.05) is 0 Å². The molecule has 106 valence electrons. The summed E-state index contributed by atoms with van der Waals surface area (Å²) in [5.41, 5.74) is 2.53. The Morgan fingerprint density at radius 3 is 3.05 bits per heavy atom. The van der Waals surface area contributed by atoms with E-state index in [0.29, 0.717) is 12.1 Å². The van der Waals surface area contributed by atoms with Gasteiger partial charge in [0.2, 0.25) is 0 Å². The maximum Gasteiger partial charge on any atom is 0.126 e. The Hall–Kier alpha value is -1.06. The van der Waals surface area contributed by atoms with E-state index in [-0.39, 0.29) is 0 Å². The van der Waals surface area contributed by atoms with Gasteiger partial charge in [-0.05, 0) is 31.7 Å². The molecule has 0 amide bonds. The van der Waals surface area contributed by atoms with Crippen molar-refractivity contribution in [1.82, 2.24) is 5.32 Å². The van der Waals surface area contributed by atoms with Crippen LogP contribution in [0.3, 0.4) is 0 Å². The molecular formula is C16H25NO2. The van der Waals surface area contributed by atoms with Gasteiger partial charge in [0.15, 0.2) is 0 Å². The van der Waals surface area contributed by atoms with Crippen LogP contribution in [0.1, 0.15) is 43.4 Å². The van der Waals surface area contributed by atoms with Gasteiger partial charge in [-0.2, -0.15) is 0 Å². The Morgan fingerprint density at radius 1 is 1.47 bits per heavy atom. The summed E-state index contributed by atoms with van der Waals surface area (Å²) in [7, 11) is 1.76. The molecule has 0 aliphatic carbocycles. The molecule has 0 saturated heterocycles. The van der Waals surface area contributed by atoms with E-state index in [2.05, 4.69) is 37.4 Å². The van der Waals surface area contributed by atoms with E-state index in [0.717, 1.165) is 38.2 Å². The summed E-state index contributed by atoms with van der Waals surface area (Å²) in [6.45, 7) is 5.89. The van der Waals surface area contributed by atoms with Crippen LogP contribution in [0.25, 0.3) is 0 Å². The van der Waals surface area contributed by atoms with Crippen LogP contribution >= 0.6 is 0 Å². The number of rotatable bonds is 5. The summed E-state index contributed by atoms with van der Waals surface area (Å²) in [6.07, 6.45) is 3.29. The maximum absolute atomic E-state index is 5.91. The predicted octanol–water partition coefficient (Wildman–Crippen LogP) is 3.22. The minimum Gasteiger partial charge on any atom is -0.493 e. The quantitative estimate of drug-likeness (QED) is 0.884. The van der Waals surface area contributed by atoms with Crippen LogP contribution in [0.4, 0.5) is 0 Å². The van der Waals surface area contributed by atoms with Gasteiger partial charge in [-0.25, -0.2) is 0 Å². The third kappa shape index (κ3) is 3.48. The number of para-hydroxylation sites is 1. The van der Waals surface area contributed by atoms with Crippen molar-refractivity contribution in [2.24, 2.45) is 0 Å². The molecule has 1 aromatic rings. The first-order valence-electron chi connectivity index (χ1n) is 7.23. The number of hydrogen-bond acceptors (Lipinski definition) is 3. The fourth-order valence-electron chi connectivity index (χ4n) is 2.71. The highest BCUT2D eigenvalue weighted by Gasteiger charge is 2.22. The van der Waals surface area contributed by atoms with Crippen molar-refractivity contribution in [1.29, 1.82) is 0 Å². The minimum absolute atomic E-state index is 0.373. The molecule has 2 atom stereocenters. The van der Waals surface area contributed by atoms with E-state index in [1.165, 1.54) is 11.1 Å². The summed E-state index contributed by atoms with van der Waals surface area (Å²) in [5, 5.41) is 3.72. The third-order valence-corrected chi connectivity index (χ3v) is 3.80. The largest absolute Gasteiger partial charge is 0.493 e. The van der Waals surface area contributed by atoms with Gasteiger partial charge in [-0.3, -0.25) is 0 Å². The highest BCUT2D eigenvalue weighted by atomic mass is 16.5. The second-order valence-electron chi connectivity index (χ2n) is 5.26. The molecule has 1 aliphatic heterocycles. The Bertz CT molecular complexity index is 406. The van der Waals surface area contributed by atoms with Gasteiger partial charge in [0.05, 0.1) is 13.2 Å². The molecule has 2 rings (SSSR count). The van der Waals surface area contributed by atoms with Crippen molar-refractivity contribution in [3.63, 3.8) is 0 Å². The van der Waals surface area contributed by atoms with Crippen LogP contribution in [0.5, 0.6) is 5.75 Å². The highest BCUT2D eigenvalue weighted by Crippen LogP contribution is 2.34. The smallest absolute Gasteiger partial charge is 0.126 e. The molecule has 0 fully saturated rings. The molecule has 1 aromatic carbocycles. The van der Waals surface area contributed by atoms with E-state index in [1.54, 1.807) is 7.11 Å². The van der Waals surface area contributed by atoms with Gasteiger partial charge in [0, 0.05) is 24.8 Å². The van der Waals surface area contributed by atoms with Crippen LogP contribution < -0.4 is 10.1 Å². The van der Waals surface area contributed by atoms with Crippen LogP contribution in [-0.4, -0.2) is 26.4 Å². The van der Waals surface area contributed by atoms with Crippen LogP contribution in [-0.2, 0) is 4.74 Å². The fraction of sp³-hybridized carbons (Fsp3) is 0.625. The number of nitrogens with one attached hydrogen (secondary N) is 1. The van der Waals surface area contributed by atoms with E-state index >= 15 is 0 Å². The van der Waals surface area contributed by atoms with Crippen molar-refractivity contribution in [2.45, 2.75) is 45.2 Å². The Kier molecular flexibility index (Phi) is 5.23. The summed E-state index contributed by atoms with van der Waals surface area (Å²) >= 11 is 0. The number of aryl methyl sites for hydroxylation is 1. The first-order valence-corrected chi connectivity index (χ1v) is 7.23. The van der Waals surface area contributed by atoms with E-state index in [4.69, 9.17) is 9.47 Å². The van der Waals surface area contributed by atoms with Crippen LogP contribution in [0.15, 0.2) is 18.2 Å². The zero-order valence-corrected chi connectivity index (χ0v) is 12.2. The molecule has 0 bridgehead atoms. The van der Waals surface area contributed by atoms with Gasteiger partial charge >= 0.3 is 0 Å². The third-order valence-electron chi connectivity index (χ3n) is 3.80. The summed E-state index contributed by atoms with van der Waals surface area (Å²) in [5.74, 6) is 1.07. The van der Waals surface area contributed by atoms with E-state index < -0.39 is 0 Å². The lowest BCUT2D eigenvalue weighted by Crippen LogP contribution is -2.35. The Labute approximate surface area is 116 Å². The van der Waals surface area contributed by atoms with Gasteiger partial charge < -0.3 is 14.8 Å². The summed E-state index contributed by atoms with van der Waals surface area (Å²) in [6, 6.07) is 7.20. The first kappa shape index (κ1) is 14.4. The second kappa shape index (κ2) is 6.92. The molecule has 19 heavy (non-hydrogen) atoms. The standard InChI is InChI=1S/C16H25NO2/c1-4-13(11-18-3)17-15-9-6-10-19-16-12(2)7-5-8-14(15)16/h5,7-8,13,15,17H,4,6,9-11H2,1-3H3. The van der Waals surface area contributed by atoms with Crippen molar-refractivity contribution in [3.8, 4) is 5.75 Å². The van der Waals surface area contributed by atoms with Gasteiger partial charge in [-0.1, -0.05) is 25.1 Å².